The van der Waals surface area contributed by atoms with E-state index in [-0.39, 0.29) is 12.7 Å². The Hall–Kier alpha value is -1.51. The summed E-state index contributed by atoms with van der Waals surface area (Å²) in [6.45, 7) is 3.72. The molecular formula is C15H22F3NO2. The molecule has 0 spiro atoms. The SMILES string of the molecule is CCCCCCC(/C=C/C(F)(F)F)C(C#N)C(=O)OCC. The van der Waals surface area contributed by atoms with Crippen LogP contribution in [0.2, 0.25) is 0 Å². The number of alkyl halides is 3. The van der Waals surface area contributed by atoms with E-state index in [2.05, 4.69) is 0 Å². The van der Waals surface area contributed by atoms with Crippen LogP contribution < -0.4 is 0 Å². The Morgan fingerprint density at radius 2 is 1.95 bits per heavy atom. The number of allylic oxidation sites excluding steroid dienone is 2. The number of unbranched alkanes of at least 4 members (excludes halogenated alkanes) is 3. The van der Waals surface area contributed by atoms with Crippen molar-refractivity contribution in [3.63, 3.8) is 0 Å². The molecule has 0 amide bonds. The molecule has 6 heteroatoms. The van der Waals surface area contributed by atoms with Gasteiger partial charge in [0, 0.05) is 12.0 Å². The van der Waals surface area contributed by atoms with Crippen LogP contribution in [0.4, 0.5) is 13.2 Å². The zero-order valence-electron chi connectivity index (χ0n) is 12.4. The standard InChI is InChI=1S/C15H22F3NO2/c1-3-5-6-7-8-12(9-10-15(16,17)18)13(11-19)14(20)21-4-2/h9-10,12-13H,3-8H2,1-2H3/b10-9+. The Labute approximate surface area is 123 Å². The van der Waals surface area contributed by atoms with Crippen molar-refractivity contribution in [3.8, 4) is 6.07 Å². The number of esters is 1. The molecular weight excluding hydrogens is 283 g/mol. The second-order valence-electron chi connectivity index (χ2n) is 4.77. The Balaban J connectivity index is 4.87. The van der Waals surface area contributed by atoms with E-state index < -0.39 is 24.0 Å². The normalized spacial score (nSPS) is 14.7. The van der Waals surface area contributed by atoms with E-state index >= 15 is 0 Å². The molecule has 2 atom stereocenters. The lowest BCUT2D eigenvalue weighted by Gasteiger charge is -2.17. The molecule has 0 saturated carbocycles. The van der Waals surface area contributed by atoms with E-state index in [0.717, 1.165) is 25.3 Å². The van der Waals surface area contributed by atoms with Crippen molar-refractivity contribution in [2.45, 2.75) is 52.1 Å². The number of carbonyl (C=O) groups excluding carboxylic acids is 1. The summed E-state index contributed by atoms with van der Waals surface area (Å²) in [4.78, 5) is 11.7. The van der Waals surface area contributed by atoms with E-state index in [1.807, 2.05) is 6.92 Å². The average Bonchev–Trinajstić information content (AvgIpc) is 2.40. The smallest absolute Gasteiger partial charge is 0.409 e. The van der Waals surface area contributed by atoms with Gasteiger partial charge in [0.05, 0.1) is 12.7 Å². The highest BCUT2D eigenvalue weighted by molar-refractivity contribution is 5.75. The number of carbonyl (C=O) groups is 1. The molecule has 0 aromatic carbocycles. The van der Waals surface area contributed by atoms with Crippen molar-refractivity contribution < 1.29 is 22.7 Å². The maximum Gasteiger partial charge on any atom is 0.409 e. The first-order valence-electron chi connectivity index (χ1n) is 7.18. The zero-order chi connectivity index (χ0) is 16.3. The molecule has 0 saturated heterocycles. The highest BCUT2D eigenvalue weighted by atomic mass is 19.4. The van der Waals surface area contributed by atoms with E-state index in [0.29, 0.717) is 12.8 Å². The quantitative estimate of drug-likeness (QED) is 0.360. The summed E-state index contributed by atoms with van der Waals surface area (Å²) >= 11 is 0. The van der Waals surface area contributed by atoms with Crippen LogP contribution in [-0.2, 0) is 9.53 Å². The second kappa shape index (κ2) is 10.3. The molecule has 2 unspecified atom stereocenters. The molecule has 0 aliphatic rings. The van der Waals surface area contributed by atoms with Crippen LogP contribution >= 0.6 is 0 Å². The van der Waals surface area contributed by atoms with Gasteiger partial charge in [0.1, 0.15) is 5.92 Å². The minimum atomic E-state index is -4.45. The maximum atomic E-state index is 12.3. The third-order valence-electron chi connectivity index (χ3n) is 3.03. The second-order valence-corrected chi connectivity index (χ2v) is 4.77. The van der Waals surface area contributed by atoms with Crippen molar-refractivity contribution in [1.82, 2.24) is 0 Å². The van der Waals surface area contributed by atoms with E-state index in [1.54, 1.807) is 13.0 Å². The van der Waals surface area contributed by atoms with E-state index in [9.17, 15) is 18.0 Å². The molecule has 3 nitrogen and oxygen atoms in total. The third kappa shape index (κ3) is 9.11. The fourth-order valence-electron chi connectivity index (χ4n) is 1.97. The summed E-state index contributed by atoms with van der Waals surface area (Å²) in [6.07, 6.45) is 0.457. The minimum Gasteiger partial charge on any atom is -0.465 e. The molecule has 21 heavy (non-hydrogen) atoms. The predicted octanol–water partition coefficient (Wildman–Crippen LogP) is 4.39. The van der Waals surface area contributed by atoms with Crippen molar-refractivity contribution in [3.05, 3.63) is 12.2 Å². The summed E-state index contributed by atoms with van der Waals surface area (Å²) in [5, 5.41) is 9.06. The summed E-state index contributed by atoms with van der Waals surface area (Å²) in [7, 11) is 0. The molecule has 0 N–H and O–H groups in total. The fourth-order valence-corrected chi connectivity index (χ4v) is 1.97. The molecule has 0 aromatic heterocycles. The van der Waals surface area contributed by atoms with Gasteiger partial charge in [0.25, 0.3) is 0 Å². The Morgan fingerprint density at radius 3 is 2.43 bits per heavy atom. The zero-order valence-corrected chi connectivity index (χ0v) is 12.4. The van der Waals surface area contributed by atoms with Crippen molar-refractivity contribution in [2.75, 3.05) is 6.61 Å². The van der Waals surface area contributed by atoms with Crippen molar-refractivity contribution >= 4 is 5.97 Å². The van der Waals surface area contributed by atoms with Crippen LogP contribution in [0.3, 0.4) is 0 Å². The maximum absolute atomic E-state index is 12.3. The minimum absolute atomic E-state index is 0.0983. The van der Waals surface area contributed by atoms with Gasteiger partial charge in [-0.15, -0.1) is 0 Å². The lowest BCUT2D eigenvalue weighted by Crippen LogP contribution is -2.24. The number of nitrogens with zero attached hydrogens (tertiary/aromatic N) is 1. The molecule has 0 bridgehead atoms. The lowest BCUT2D eigenvalue weighted by molar-refractivity contribution is -0.147. The Kier molecular flexibility index (Phi) is 9.51. The molecule has 0 aliphatic carbocycles. The molecule has 120 valence electrons. The summed E-state index contributed by atoms with van der Waals surface area (Å²) in [5.74, 6) is -2.72. The highest BCUT2D eigenvalue weighted by Crippen LogP contribution is 2.25. The molecule has 0 radical (unpaired) electrons. The number of nitriles is 1. The number of halogens is 3. The summed E-state index contributed by atoms with van der Waals surface area (Å²) in [6, 6.07) is 1.77. The van der Waals surface area contributed by atoms with Crippen LogP contribution in [0, 0.1) is 23.2 Å². The number of ether oxygens (including phenoxy) is 1. The predicted molar refractivity (Wildman–Crippen MR) is 73.2 cm³/mol. The fraction of sp³-hybridized carbons (Fsp3) is 0.733. The van der Waals surface area contributed by atoms with Gasteiger partial charge in [-0.25, -0.2) is 0 Å². The first-order chi connectivity index (χ1) is 9.85. The summed E-state index contributed by atoms with van der Waals surface area (Å²) in [5.41, 5.74) is 0. The van der Waals surface area contributed by atoms with Gasteiger partial charge in [-0.05, 0) is 13.3 Å². The summed E-state index contributed by atoms with van der Waals surface area (Å²) < 4.78 is 41.6. The largest absolute Gasteiger partial charge is 0.465 e. The average molecular weight is 305 g/mol. The molecule has 0 aromatic rings. The molecule has 0 fully saturated rings. The van der Waals surface area contributed by atoms with Gasteiger partial charge in [-0.1, -0.05) is 38.7 Å². The van der Waals surface area contributed by atoms with Crippen LogP contribution in [0.15, 0.2) is 12.2 Å². The lowest BCUT2D eigenvalue weighted by atomic mass is 9.88. The highest BCUT2D eigenvalue weighted by Gasteiger charge is 2.30. The number of rotatable bonds is 9. The molecule has 0 aliphatic heterocycles. The van der Waals surface area contributed by atoms with Crippen LogP contribution in [0.1, 0.15) is 46.0 Å². The van der Waals surface area contributed by atoms with Crippen LogP contribution in [-0.4, -0.2) is 18.8 Å². The molecule has 0 rings (SSSR count). The van der Waals surface area contributed by atoms with Crippen molar-refractivity contribution in [2.24, 2.45) is 11.8 Å². The van der Waals surface area contributed by atoms with Gasteiger partial charge in [-0.2, -0.15) is 18.4 Å². The Morgan fingerprint density at radius 1 is 1.29 bits per heavy atom. The monoisotopic (exact) mass is 305 g/mol. The van der Waals surface area contributed by atoms with Gasteiger partial charge < -0.3 is 4.74 Å². The van der Waals surface area contributed by atoms with Gasteiger partial charge in [0.15, 0.2) is 0 Å². The first kappa shape index (κ1) is 19.5. The number of hydrogen-bond acceptors (Lipinski definition) is 3. The van der Waals surface area contributed by atoms with Crippen LogP contribution in [0.25, 0.3) is 0 Å². The van der Waals surface area contributed by atoms with Crippen LogP contribution in [0.5, 0.6) is 0 Å². The first-order valence-corrected chi connectivity index (χ1v) is 7.18. The van der Waals surface area contributed by atoms with E-state index in [1.165, 1.54) is 0 Å². The van der Waals surface area contributed by atoms with Gasteiger partial charge in [0.2, 0.25) is 0 Å². The number of hydrogen-bond donors (Lipinski definition) is 0. The Bertz CT molecular complexity index is 372. The van der Waals surface area contributed by atoms with Gasteiger partial charge >= 0.3 is 12.1 Å². The molecule has 0 heterocycles. The van der Waals surface area contributed by atoms with Gasteiger partial charge in [-0.3, -0.25) is 4.79 Å². The van der Waals surface area contributed by atoms with Crippen molar-refractivity contribution in [1.29, 1.82) is 5.26 Å². The third-order valence-corrected chi connectivity index (χ3v) is 3.03. The van der Waals surface area contributed by atoms with E-state index in [4.69, 9.17) is 10.00 Å². The topological polar surface area (TPSA) is 50.1 Å².